The molecule has 0 aliphatic heterocycles. The van der Waals surface area contributed by atoms with Crippen molar-refractivity contribution in [3.63, 3.8) is 0 Å². The normalized spacial score (nSPS) is 14.8. The van der Waals surface area contributed by atoms with Crippen LogP contribution in [0, 0.1) is 0 Å². The maximum atomic E-state index is 2.39. The van der Waals surface area contributed by atoms with Gasteiger partial charge in [0.15, 0.2) is 0 Å². The highest BCUT2D eigenvalue weighted by Crippen LogP contribution is 2.12. The second-order valence-electron chi connectivity index (χ2n) is 11.4. The summed E-state index contributed by atoms with van der Waals surface area (Å²) in [6.45, 7) is 21.7. The Hall–Kier alpha value is -3.12. The minimum Gasteiger partial charge on any atom is -0.0856 e. The molecule has 0 bridgehead atoms. The molecule has 0 fully saturated rings. The highest BCUT2D eigenvalue weighted by molar-refractivity contribution is 5.32. The molecule has 0 spiro atoms. The lowest BCUT2D eigenvalue weighted by Gasteiger charge is -2.00. The molecule has 40 heavy (non-hydrogen) atoms. The van der Waals surface area contributed by atoms with E-state index in [1.807, 2.05) is 0 Å². The molecule has 0 heteroatoms. The van der Waals surface area contributed by atoms with Gasteiger partial charge in [-0.1, -0.05) is 142 Å². The van der Waals surface area contributed by atoms with Gasteiger partial charge in [-0.2, -0.15) is 0 Å². The Morgan fingerprint density at radius 1 is 0.350 bits per heavy atom. The zero-order chi connectivity index (χ0) is 30.2. The monoisotopic (exact) mass is 538 g/mol. The van der Waals surface area contributed by atoms with Crippen LogP contribution in [0.1, 0.15) is 108 Å². The average molecular weight is 539 g/mol. The second kappa shape index (κ2) is 23.7. The van der Waals surface area contributed by atoms with Crippen LogP contribution in [-0.2, 0) is 0 Å². The van der Waals surface area contributed by atoms with Crippen molar-refractivity contribution in [3.8, 4) is 0 Å². The largest absolute Gasteiger partial charge is 0.0856 e. The molecule has 0 unspecified atom stereocenters. The standard InChI is InChI=1S/C40H58/c1-33(2)19-15-25-35(5)21-11-13-23-39(9)31-32-40(10)24-14-12-22-36(6)27-17-29-38(8)30-18-28-37(7)26-16-20-34(3)4/h11-14,17,19-24,27-29,31-32H,15-16,18,25-26,30H2,1-10H3. The summed E-state index contributed by atoms with van der Waals surface area (Å²) in [5, 5.41) is 0. The lowest BCUT2D eigenvalue weighted by atomic mass is 10.1. The molecule has 0 atom stereocenters. The number of hydrogen-bond acceptors (Lipinski definition) is 0. The lowest BCUT2D eigenvalue weighted by molar-refractivity contribution is 0.918. The maximum Gasteiger partial charge on any atom is -0.0285 e. The Morgan fingerprint density at radius 2 is 0.700 bits per heavy atom. The van der Waals surface area contributed by atoms with Crippen molar-refractivity contribution in [2.24, 2.45) is 0 Å². The minimum atomic E-state index is 1.11. The Kier molecular flexibility index (Phi) is 21.9. The first-order valence-electron chi connectivity index (χ1n) is 15.0. The molecule has 0 saturated heterocycles. The van der Waals surface area contributed by atoms with E-state index in [2.05, 4.69) is 166 Å². The predicted molar refractivity (Wildman–Crippen MR) is 186 cm³/mol. The van der Waals surface area contributed by atoms with Gasteiger partial charge in [-0.3, -0.25) is 0 Å². The van der Waals surface area contributed by atoms with Crippen molar-refractivity contribution >= 4 is 0 Å². The van der Waals surface area contributed by atoms with Crippen LogP contribution in [0.5, 0.6) is 0 Å². The first-order valence-corrected chi connectivity index (χ1v) is 15.0. The van der Waals surface area contributed by atoms with Crippen LogP contribution in [0.25, 0.3) is 0 Å². The van der Waals surface area contributed by atoms with Gasteiger partial charge in [0, 0.05) is 0 Å². The van der Waals surface area contributed by atoms with E-state index in [4.69, 9.17) is 0 Å². The average Bonchev–Trinajstić information content (AvgIpc) is 2.87. The van der Waals surface area contributed by atoms with Gasteiger partial charge in [0.1, 0.15) is 0 Å². The van der Waals surface area contributed by atoms with E-state index in [0.717, 1.165) is 32.1 Å². The summed E-state index contributed by atoms with van der Waals surface area (Å²) in [6, 6.07) is 0. The van der Waals surface area contributed by atoms with Crippen LogP contribution in [-0.4, -0.2) is 0 Å². The smallest absolute Gasteiger partial charge is 0.0285 e. The molecular formula is C40H58. The maximum absolute atomic E-state index is 2.39. The minimum absolute atomic E-state index is 1.11. The summed E-state index contributed by atoms with van der Waals surface area (Å²) in [6.07, 6.45) is 41.8. The van der Waals surface area contributed by atoms with Crippen molar-refractivity contribution in [2.75, 3.05) is 0 Å². The van der Waals surface area contributed by atoms with Crippen molar-refractivity contribution in [1.29, 1.82) is 0 Å². The van der Waals surface area contributed by atoms with E-state index < -0.39 is 0 Å². The van der Waals surface area contributed by atoms with Gasteiger partial charge in [-0.15, -0.1) is 0 Å². The van der Waals surface area contributed by atoms with Gasteiger partial charge in [-0.25, -0.2) is 0 Å². The summed E-state index contributed by atoms with van der Waals surface area (Å²) >= 11 is 0. The molecule has 0 heterocycles. The van der Waals surface area contributed by atoms with E-state index in [0.29, 0.717) is 0 Å². The first kappa shape index (κ1) is 36.9. The van der Waals surface area contributed by atoms with Crippen LogP contribution >= 0.6 is 0 Å². The number of rotatable bonds is 17. The molecule has 0 aliphatic rings. The summed E-state index contributed by atoms with van der Waals surface area (Å²) in [5.41, 5.74) is 10.8. The molecule has 0 aliphatic carbocycles. The molecule has 0 N–H and O–H groups in total. The molecule has 0 aromatic heterocycles. The molecule has 0 aromatic carbocycles. The Balaban J connectivity index is 4.61. The topological polar surface area (TPSA) is 0 Å². The molecule has 0 aromatic rings. The predicted octanol–water partition coefficient (Wildman–Crippen LogP) is 13.2. The third-order valence-corrected chi connectivity index (χ3v) is 6.24. The fourth-order valence-corrected chi connectivity index (χ4v) is 3.63. The van der Waals surface area contributed by atoms with E-state index in [-0.39, 0.29) is 0 Å². The van der Waals surface area contributed by atoms with Crippen molar-refractivity contribution < 1.29 is 0 Å². The van der Waals surface area contributed by atoms with Crippen molar-refractivity contribution in [3.05, 3.63) is 142 Å². The SMILES string of the molecule is CC(C)=CCCC(C)=CC=CC=C(C)C=CC(C)=CC=CC=C(C)C=CC=C(C)CCC=C(C)CCC=C(C)C. The van der Waals surface area contributed by atoms with Crippen LogP contribution in [0.3, 0.4) is 0 Å². The Labute approximate surface area is 249 Å². The zero-order valence-electron chi connectivity index (χ0n) is 27.5. The molecule has 0 radical (unpaired) electrons. The molecule has 0 saturated carbocycles. The van der Waals surface area contributed by atoms with Crippen molar-refractivity contribution in [2.45, 2.75) is 108 Å². The van der Waals surface area contributed by atoms with Crippen LogP contribution in [0.15, 0.2) is 142 Å². The van der Waals surface area contributed by atoms with Gasteiger partial charge >= 0.3 is 0 Å². The number of hydrogen-bond donors (Lipinski definition) is 0. The van der Waals surface area contributed by atoms with E-state index in [1.54, 1.807) is 0 Å². The zero-order valence-corrected chi connectivity index (χ0v) is 27.5. The quantitative estimate of drug-likeness (QED) is 0.128. The van der Waals surface area contributed by atoms with Gasteiger partial charge in [0.25, 0.3) is 0 Å². The molecule has 0 nitrogen and oxygen atoms in total. The summed E-state index contributed by atoms with van der Waals surface area (Å²) in [4.78, 5) is 0. The molecule has 218 valence electrons. The fraction of sp³-hybridized carbons (Fsp3) is 0.400. The van der Waals surface area contributed by atoms with Crippen molar-refractivity contribution in [1.82, 2.24) is 0 Å². The molecule has 0 rings (SSSR count). The Morgan fingerprint density at radius 3 is 1.15 bits per heavy atom. The highest BCUT2D eigenvalue weighted by Gasteiger charge is 1.91. The number of allylic oxidation sites excluding steroid dienone is 24. The van der Waals surface area contributed by atoms with E-state index >= 15 is 0 Å². The second-order valence-corrected chi connectivity index (χ2v) is 11.4. The van der Waals surface area contributed by atoms with Gasteiger partial charge in [0.05, 0.1) is 0 Å². The third kappa shape index (κ3) is 25.2. The Bertz CT molecular complexity index is 1100. The van der Waals surface area contributed by atoms with Gasteiger partial charge in [0.2, 0.25) is 0 Å². The van der Waals surface area contributed by atoms with Crippen LogP contribution in [0.2, 0.25) is 0 Å². The summed E-state index contributed by atoms with van der Waals surface area (Å²) in [7, 11) is 0. The van der Waals surface area contributed by atoms with E-state index in [1.165, 1.54) is 51.0 Å². The molecule has 0 amide bonds. The van der Waals surface area contributed by atoms with Crippen LogP contribution in [0.4, 0.5) is 0 Å². The first-order chi connectivity index (χ1) is 19.0. The lowest BCUT2D eigenvalue weighted by Crippen LogP contribution is -1.80. The highest BCUT2D eigenvalue weighted by atomic mass is 14.0. The van der Waals surface area contributed by atoms with Crippen LogP contribution < -0.4 is 0 Å². The fourth-order valence-electron chi connectivity index (χ4n) is 3.63. The van der Waals surface area contributed by atoms with Gasteiger partial charge < -0.3 is 0 Å². The summed E-state index contributed by atoms with van der Waals surface area (Å²) < 4.78 is 0. The summed E-state index contributed by atoms with van der Waals surface area (Å²) in [5.74, 6) is 0. The molecular weight excluding hydrogens is 480 g/mol. The van der Waals surface area contributed by atoms with E-state index in [9.17, 15) is 0 Å². The van der Waals surface area contributed by atoms with Gasteiger partial charge in [-0.05, 0) is 108 Å². The third-order valence-electron chi connectivity index (χ3n) is 6.24.